The van der Waals surface area contributed by atoms with Gasteiger partial charge >= 0.3 is 0 Å². The van der Waals surface area contributed by atoms with Gasteiger partial charge in [0.25, 0.3) is 0 Å². The van der Waals surface area contributed by atoms with E-state index in [0.29, 0.717) is 6.42 Å². The number of carbonyl (C=O) groups excluding carboxylic acids is 1. The van der Waals surface area contributed by atoms with Crippen molar-refractivity contribution in [2.75, 3.05) is 30.3 Å². The lowest BCUT2D eigenvalue weighted by atomic mass is 10.0. The zero-order valence-corrected chi connectivity index (χ0v) is 9.05. The molecule has 2 aliphatic heterocycles. The predicted octanol–water partition coefficient (Wildman–Crippen LogP) is 0.812. The molecule has 1 aromatic carbocycles. The fourth-order valence-electron chi connectivity index (χ4n) is 2.09. The first-order chi connectivity index (χ1) is 7.81. The predicted molar refractivity (Wildman–Crippen MR) is 63.6 cm³/mol. The van der Waals surface area contributed by atoms with E-state index in [2.05, 4.69) is 22.0 Å². The van der Waals surface area contributed by atoms with E-state index in [1.54, 1.807) is 0 Å². The van der Waals surface area contributed by atoms with Crippen LogP contribution in [-0.4, -0.2) is 25.5 Å². The number of hydrogen-bond acceptors (Lipinski definition) is 3. The number of benzene rings is 1. The topological polar surface area (TPSA) is 53.2 Å². The molecule has 0 unspecified atom stereocenters. The Labute approximate surface area is 94.4 Å². The van der Waals surface area contributed by atoms with Gasteiger partial charge in [0.15, 0.2) is 0 Å². The van der Waals surface area contributed by atoms with E-state index in [4.69, 9.17) is 0 Å². The molecule has 84 valence electrons. The molecule has 1 saturated heterocycles. The highest BCUT2D eigenvalue weighted by Gasteiger charge is 2.18. The van der Waals surface area contributed by atoms with Crippen LogP contribution in [0, 0.1) is 5.92 Å². The Balaban J connectivity index is 1.67. The van der Waals surface area contributed by atoms with Gasteiger partial charge in [0.05, 0.1) is 6.42 Å². The fraction of sp³-hybridized carbons (Fsp3) is 0.417. The van der Waals surface area contributed by atoms with Crippen molar-refractivity contribution in [1.29, 1.82) is 0 Å². The molecule has 1 fully saturated rings. The van der Waals surface area contributed by atoms with Crippen LogP contribution in [0.5, 0.6) is 0 Å². The van der Waals surface area contributed by atoms with E-state index in [0.717, 1.165) is 42.5 Å². The van der Waals surface area contributed by atoms with E-state index in [9.17, 15) is 4.79 Å². The molecule has 2 heterocycles. The van der Waals surface area contributed by atoms with Gasteiger partial charge in [-0.1, -0.05) is 0 Å². The number of hydrogen-bond donors (Lipinski definition) is 3. The van der Waals surface area contributed by atoms with Crippen molar-refractivity contribution in [3.63, 3.8) is 0 Å². The Morgan fingerprint density at radius 1 is 1.38 bits per heavy atom. The summed E-state index contributed by atoms with van der Waals surface area (Å²) in [6, 6.07) is 6.07. The SMILES string of the molecule is O=C1Cc2cc(NCC3CNC3)ccc2N1. The first-order valence-electron chi connectivity index (χ1n) is 5.68. The van der Waals surface area contributed by atoms with Gasteiger partial charge in [-0.25, -0.2) is 0 Å². The zero-order chi connectivity index (χ0) is 11.0. The monoisotopic (exact) mass is 217 g/mol. The van der Waals surface area contributed by atoms with Gasteiger partial charge in [-0.05, 0) is 23.8 Å². The van der Waals surface area contributed by atoms with Crippen molar-refractivity contribution < 1.29 is 4.79 Å². The number of rotatable bonds is 3. The van der Waals surface area contributed by atoms with Crippen LogP contribution < -0.4 is 16.0 Å². The van der Waals surface area contributed by atoms with Crippen molar-refractivity contribution >= 4 is 17.3 Å². The molecule has 0 aromatic heterocycles. The lowest BCUT2D eigenvalue weighted by Gasteiger charge is -2.27. The summed E-state index contributed by atoms with van der Waals surface area (Å²) in [4.78, 5) is 11.2. The second-order valence-corrected chi connectivity index (χ2v) is 4.50. The molecule has 4 nitrogen and oxygen atoms in total. The smallest absolute Gasteiger partial charge is 0.228 e. The molecule has 0 saturated carbocycles. The minimum Gasteiger partial charge on any atom is -0.385 e. The van der Waals surface area contributed by atoms with Gasteiger partial charge in [0, 0.05) is 36.9 Å². The average molecular weight is 217 g/mol. The fourth-order valence-corrected chi connectivity index (χ4v) is 2.09. The van der Waals surface area contributed by atoms with Crippen LogP contribution in [0.3, 0.4) is 0 Å². The molecule has 1 aromatic rings. The Bertz CT molecular complexity index is 426. The highest BCUT2D eigenvalue weighted by Crippen LogP contribution is 2.26. The molecule has 16 heavy (non-hydrogen) atoms. The van der Waals surface area contributed by atoms with E-state index in [1.807, 2.05) is 12.1 Å². The minimum absolute atomic E-state index is 0.0929. The third-order valence-corrected chi connectivity index (χ3v) is 3.19. The van der Waals surface area contributed by atoms with Gasteiger partial charge in [0.2, 0.25) is 5.91 Å². The standard InChI is InChI=1S/C12H15N3O/c16-12-4-9-3-10(1-2-11(9)15-12)14-7-8-5-13-6-8/h1-3,8,13-14H,4-7H2,(H,15,16). The van der Waals surface area contributed by atoms with Crippen LogP contribution in [-0.2, 0) is 11.2 Å². The van der Waals surface area contributed by atoms with Gasteiger partial charge in [-0.2, -0.15) is 0 Å². The lowest BCUT2D eigenvalue weighted by molar-refractivity contribution is -0.115. The van der Waals surface area contributed by atoms with Crippen molar-refractivity contribution in [3.8, 4) is 0 Å². The molecule has 0 spiro atoms. The normalized spacial score (nSPS) is 18.9. The summed E-state index contributed by atoms with van der Waals surface area (Å²) < 4.78 is 0. The summed E-state index contributed by atoms with van der Waals surface area (Å²) in [5, 5.41) is 9.50. The first kappa shape index (κ1) is 9.66. The molecule has 0 bridgehead atoms. The molecule has 3 N–H and O–H groups in total. The van der Waals surface area contributed by atoms with Crippen LogP contribution >= 0.6 is 0 Å². The Morgan fingerprint density at radius 2 is 2.25 bits per heavy atom. The van der Waals surface area contributed by atoms with Crippen molar-refractivity contribution in [2.45, 2.75) is 6.42 Å². The van der Waals surface area contributed by atoms with Gasteiger partial charge < -0.3 is 16.0 Å². The van der Waals surface area contributed by atoms with Crippen molar-refractivity contribution in [1.82, 2.24) is 5.32 Å². The summed E-state index contributed by atoms with van der Waals surface area (Å²) in [5.41, 5.74) is 3.17. The Kier molecular flexibility index (Phi) is 2.29. The third kappa shape index (κ3) is 1.76. The maximum absolute atomic E-state index is 11.2. The maximum atomic E-state index is 11.2. The summed E-state index contributed by atoms with van der Waals surface area (Å²) in [5.74, 6) is 0.836. The highest BCUT2D eigenvalue weighted by molar-refractivity contribution is 5.99. The number of carbonyl (C=O) groups is 1. The summed E-state index contributed by atoms with van der Waals surface area (Å²) in [6.45, 7) is 3.23. The van der Waals surface area contributed by atoms with Crippen LogP contribution in [0.4, 0.5) is 11.4 Å². The largest absolute Gasteiger partial charge is 0.385 e. The molecule has 1 amide bonds. The maximum Gasteiger partial charge on any atom is 0.228 e. The van der Waals surface area contributed by atoms with Crippen molar-refractivity contribution in [3.05, 3.63) is 23.8 Å². The number of nitrogens with one attached hydrogen (secondary N) is 3. The average Bonchev–Trinajstić information content (AvgIpc) is 2.55. The van der Waals surface area contributed by atoms with Crippen molar-refractivity contribution in [2.24, 2.45) is 5.92 Å². The van der Waals surface area contributed by atoms with Crippen LogP contribution in [0.2, 0.25) is 0 Å². The Hall–Kier alpha value is -1.55. The molecule has 2 aliphatic rings. The van der Waals surface area contributed by atoms with Gasteiger partial charge in [-0.15, -0.1) is 0 Å². The summed E-state index contributed by atoms with van der Waals surface area (Å²) >= 11 is 0. The number of anilines is 2. The second kappa shape index (κ2) is 3.79. The van der Waals surface area contributed by atoms with E-state index < -0.39 is 0 Å². The van der Waals surface area contributed by atoms with E-state index in [1.165, 1.54) is 0 Å². The number of amides is 1. The highest BCUT2D eigenvalue weighted by atomic mass is 16.1. The minimum atomic E-state index is 0.0929. The summed E-state index contributed by atoms with van der Waals surface area (Å²) in [7, 11) is 0. The first-order valence-corrected chi connectivity index (χ1v) is 5.68. The lowest BCUT2D eigenvalue weighted by Crippen LogP contribution is -2.45. The molecule has 0 aliphatic carbocycles. The molecule has 0 atom stereocenters. The summed E-state index contributed by atoms with van der Waals surface area (Å²) in [6.07, 6.45) is 0.510. The van der Waals surface area contributed by atoms with Gasteiger partial charge in [-0.3, -0.25) is 4.79 Å². The molecule has 0 radical (unpaired) electrons. The molecular weight excluding hydrogens is 202 g/mol. The van der Waals surface area contributed by atoms with Crippen LogP contribution in [0.1, 0.15) is 5.56 Å². The van der Waals surface area contributed by atoms with Crippen LogP contribution in [0.15, 0.2) is 18.2 Å². The number of fused-ring (bicyclic) bond motifs is 1. The molecule has 4 heteroatoms. The van der Waals surface area contributed by atoms with Gasteiger partial charge in [0.1, 0.15) is 0 Å². The quantitative estimate of drug-likeness (QED) is 0.702. The Morgan fingerprint density at radius 3 is 3.00 bits per heavy atom. The second-order valence-electron chi connectivity index (χ2n) is 4.50. The molecule has 3 rings (SSSR count). The third-order valence-electron chi connectivity index (χ3n) is 3.19. The molecular formula is C12H15N3O. The zero-order valence-electron chi connectivity index (χ0n) is 9.05. The van der Waals surface area contributed by atoms with E-state index in [-0.39, 0.29) is 5.91 Å². The van der Waals surface area contributed by atoms with Crippen LogP contribution in [0.25, 0.3) is 0 Å². The van der Waals surface area contributed by atoms with E-state index >= 15 is 0 Å².